The second kappa shape index (κ2) is 14.8. The van der Waals surface area contributed by atoms with E-state index in [9.17, 15) is 22.8 Å². The van der Waals surface area contributed by atoms with Crippen molar-refractivity contribution >= 4 is 78.6 Å². The third kappa shape index (κ3) is 8.29. The molecule has 2 heterocycles. The quantitative estimate of drug-likeness (QED) is 0.0983. The summed E-state index contributed by atoms with van der Waals surface area (Å²) >= 11 is 1.95. The molecule has 4 aromatic rings. The van der Waals surface area contributed by atoms with Crippen LogP contribution in [0.5, 0.6) is 0 Å². The lowest BCUT2D eigenvalue weighted by molar-refractivity contribution is -0.125. The topological polar surface area (TPSA) is 187 Å². The van der Waals surface area contributed by atoms with Crippen molar-refractivity contribution in [2.24, 2.45) is 0 Å². The van der Waals surface area contributed by atoms with Crippen molar-refractivity contribution in [1.82, 2.24) is 14.4 Å². The van der Waals surface area contributed by atoms with Crippen LogP contribution in [0.2, 0.25) is 0 Å². The number of carbonyl (C=O) groups excluding carboxylic acids is 3. The highest BCUT2D eigenvalue weighted by Crippen LogP contribution is 2.32. The first-order valence-electron chi connectivity index (χ1n) is 13.5. The number of nitriles is 1. The first-order chi connectivity index (χ1) is 21.1. The molecule has 0 bridgehead atoms. The number of benzene rings is 2. The number of amides is 4. The minimum Gasteiger partial charge on any atom is -0.348 e. The third-order valence-electron chi connectivity index (χ3n) is 6.43. The van der Waals surface area contributed by atoms with Crippen molar-refractivity contribution in [1.29, 1.82) is 5.26 Å². The maximum Gasteiger partial charge on any atom is 0.324 e. The van der Waals surface area contributed by atoms with E-state index in [-0.39, 0.29) is 37.3 Å². The number of unbranched alkanes of at least 4 members (excludes halogenated alkanes) is 1. The standard InChI is InChI=1S/C29H28IN7O6S/c1-2-27(39)37(16-14-31)44(41,42)17-4-3-8-26(38)35-28-23-7-5-6-21(22(23)13-15-32-28)19-9-11-20(12-10-19)33-29(40)34-25-18-24(30)43-36-25/h5-7,9-13,15,18H,2-4,8,16-17H2,1H3,(H,32,35,38)(H2,33,34,36,40). The molecule has 0 atom stereocenters. The summed E-state index contributed by atoms with van der Waals surface area (Å²) < 4.78 is 31.1. The number of rotatable bonds is 12. The highest BCUT2D eigenvalue weighted by molar-refractivity contribution is 14.1. The molecule has 15 heteroatoms. The van der Waals surface area contributed by atoms with Crippen LogP contribution in [-0.4, -0.2) is 53.0 Å². The summed E-state index contributed by atoms with van der Waals surface area (Å²) in [5.74, 6) is -0.649. The summed E-state index contributed by atoms with van der Waals surface area (Å²) in [6.45, 7) is 0.989. The molecule has 0 aliphatic rings. The van der Waals surface area contributed by atoms with Crippen LogP contribution in [-0.2, 0) is 19.6 Å². The molecule has 2 aromatic heterocycles. The molecule has 0 radical (unpaired) electrons. The Morgan fingerprint density at radius 2 is 1.80 bits per heavy atom. The lowest BCUT2D eigenvalue weighted by Crippen LogP contribution is -2.38. The van der Waals surface area contributed by atoms with Gasteiger partial charge in [0.1, 0.15) is 12.4 Å². The molecule has 0 aliphatic carbocycles. The average Bonchev–Trinajstić information content (AvgIpc) is 3.41. The zero-order chi connectivity index (χ0) is 31.7. The highest BCUT2D eigenvalue weighted by atomic mass is 127. The van der Waals surface area contributed by atoms with Crippen LogP contribution in [0.4, 0.5) is 22.1 Å². The van der Waals surface area contributed by atoms with E-state index in [4.69, 9.17) is 9.78 Å². The van der Waals surface area contributed by atoms with Gasteiger partial charge in [-0.25, -0.2) is 22.5 Å². The Kier molecular flexibility index (Phi) is 10.8. The van der Waals surface area contributed by atoms with Crippen molar-refractivity contribution in [2.75, 3.05) is 28.2 Å². The van der Waals surface area contributed by atoms with Crippen LogP contribution in [0.3, 0.4) is 0 Å². The largest absolute Gasteiger partial charge is 0.348 e. The van der Waals surface area contributed by atoms with Crippen LogP contribution < -0.4 is 16.0 Å². The Bertz CT molecular complexity index is 1820. The number of urea groups is 1. The molecular weight excluding hydrogens is 701 g/mol. The minimum atomic E-state index is -3.95. The van der Waals surface area contributed by atoms with Gasteiger partial charge in [-0.2, -0.15) is 5.26 Å². The predicted octanol–water partition coefficient (Wildman–Crippen LogP) is 5.34. The third-order valence-corrected chi connectivity index (χ3v) is 8.74. The average molecular weight is 730 g/mol. The summed E-state index contributed by atoms with van der Waals surface area (Å²) in [6, 6.07) is 17.6. The molecule has 44 heavy (non-hydrogen) atoms. The van der Waals surface area contributed by atoms with Crippen LogP contribution in [0.1, 0.15) is 32.6 Å². The fourth-order valence-corrected chi connectivity index (χ4v) is 6.22. The van der Waals surface area contributed by atoms with Crippen LogP contribution >= 0.6 is 22.6 Å². The van der Waals surface area contributed by atoms with Crippen molar-refractivity contribution in [3.63, 3.8) is 0 Å². The number of nitrogens with one attached hydrogen (secondary N) is 3. The number of anilines is 3. The van der Waals surface area contributed by atoms with Crippen molar-refractivity contribution in [3.05, 3.63) is 64.6 Å². The summed E-state index contributed by atoms with van der Waals surface area (Å²) in [5.41, 5.74) is 2.34. The molecule has 13 nitrogen and oxygen atoms in total. The lowest BCUT2D eigenvalue weighted by atomic mass is 9.99. The second-order valence-electron chi connectivity index (χ2n) is 9.47. The Morgan fingerprint density at radius 3 is 2.48 bits per heavy atom. The summed E-state index contributed by atoms with van der Waals surface area (Å²) in [5, 5.41) is 22.3. The van der Waals surface area contributed by atoms with Crippen molar-refractivity contribution < 1.29 is 27.3 Å². The van der Waals surface area contributed by atoms with Crippen molar-refractivity contribution in [3.8, 4) is 17.2 Å². The van der Waals surface area contributed by atoms with E-state index in [0.29, 0.717) is 25.4 Å². The summed E-state index contributed by atoms with van der Waals surface area (Å²) in [7, 11) is -3.95. The van der Waals surface area contributed by atoms with Crippen LogP contribution in [0, 0.1) is 15.1 Å². The Balaban J connectivity index is 1.37. The maximum absolute atomic E-state index is 12.7. The van der Waals surface area contributed by atoms with Gasteiger partial charge in [0.05, 0.1) is 11.8 Å². The SMILES string of the molecule is CCC(=O)N(CC#N)S(=O)(=O)CCCCC(=O)Nc1nccc2c(-c3ccc(NC(=O)Nc4cc(I)on4)cc3)cccc12. The molecule has 0 saturated carbocycles. The number of sulfonamides is 1. The molecule has 0 fully saturated rings. The highest BCUT2D eigenvalue weighted by Gasteiger charge is 2.25. The van der Waals surface area contributed by atoms with Gasteiger partial charge in [0.2, 0.25) is 21.8 Å². The number of hydrogen-bond donors (Lipinski definition) is 3. The number of fused-ring (bicyclic) bond motifs is 1. The van der Waals surface area contributed by atoms with Gasteiger partial charge < -0.3 is 15.2 Å². The fraction of sp³-hybridized carbons (Fsp3) is 0.241. The molecule has 3 N–H and O–H groups in total. The van der Waals surface area contributed by atoms with Gasteiger partial charge in [0.15, 0.2) is 9.58 Å². The Morgan fingerprint density at radius 1 is 1.02 bits per heavy atom. The molecule has 4 amide bonds. The summed E-state index contributed by atoms with van der Waals surface area (Å²) in [4.78, 5) is 41.2. The summed E-state index contributed by atoms with van der Waals surface area (Å²) in [6.07, 6.45) is 2.01. The molecular formula is C29H28IN7O6S. The molecule has 2 aromatic carbocycles. The molecule has 0 saturated heterocycles. The lowest BCUT2D eigenvalue weighted by Gasteiger charge is -2.18. The monoisotopic (exact) mass is 729 g/mol. The van der Waals surface area contributed by atoms with E-state index in [0.717, 1.165) is 21.9 Å². The normalized spacial score (nSPS) is 11.0. The van der Waals surface area contributed by atoms with E-state index in [1.165, 1.54) is 6.92 Å². The minimum absolute atomic E-state index is 0.0324. The molecule has 0 spiro atoms. The van der Waals surface area contributed by atoms with Gasteiger partial charge in [-0.3, -0.25) is 14.9 Å². The van der Waals surface area contributed by atoms with Gasteiger partial charge >= 0.3 is 6.03 Å². The van der Waals surface area contributed by atoms with Crippen LogP contribution in [0.15, 0.2) is 65.3 Å². The first-order valence-corrected chi connectivity index (χ1v) is 16.2. The first kappa shape index (κ1) is 32.4. The van der Waals surface area contributed by atoms with Gasteiger partial charge in [0, 0.05) is 58.8 Å². The van der Waals surface area contributed by atoms with Gasteiger partial charge in [-0.1, -0.05) is 42.4 Å². The Labute approximate surface area is 267 Å². The van der Waals surface area contributed by atoms with E-state index >= 15 is 0 Å². The van der Waals surface area contributed by atoms with E-state index in [1.807, 2.05) is 59.0 Å². The maximum atomic E-state index is 12.7. The molecule has 228 valence electrons. The number of nitrogens with zero attached hydrogens (tertiary/aromatic N) is 4. The van der Waals surface area contributed by atoms with E-state index < -0.39 is 28.5 Å². The second-order valence-corrected chi connectivity index (χ2v) is 12.5. The number of carbonyl (C=O) groups is 3. The number of hydrogen-bond acceptors (Lipinski definition) is 9. The van der Waals surface area contributed by atoms with E-state index in [1.54, 1.807) is 30.5 Å². The zero-order valence-corrected chi connectivity index (χ0v) is 26.5. The van der Waals surface area contributed by atoms with Crippen LogP contribution in [0.25, 0.3) is 21.9 Å². The van der Waals surface area contributed by atoms with Gasteiger partial charge in [0.25, 0.3) is 0 Å². The Hall–Kier alpha value is -4.56. The number of aromatic nitrogens is 2. The van der Waals surface area contributed by atoms with E-state index in [2.05, 4.69) is 26.1 Å². The van der Waals surface area contributed by atoms with Crippen molar-refractivity contribution in [2.45, 2.75) is 32.6 Å². The van der Waals surface area contributed by atoms with Gasteiger partial charge in [-0.15, -0.1) is 0 Å². The molecule has 0 aliphatic heterocycles. The fourth-order valence-electron chi connectivity index (χ4n) is 4.34. The van der Waals surface area contributed by atoms with Gasteiger partial charge in [-0.05, 0) is 47.6 Å². The number of pyridine rings is 1. The molecule has 4 rings (SSSR count). The number of halogens is 1. The molecule has 0 unspecified atom stereocenters. The smallest absolute Gasteiger partial charge is 0.324 e. The zero-order valence-electron chi connectivity index (χ0n) is 23.5. The predicted molar refractivity (Wildman–Crippen MR) is 173 cm³/mol.